The maximum Gasteiger partial charge on any atom is 0.178 e. The lowest BCUT2D eigenvalue weighted by atomic mass is 10.2. The summed E-state index contributed by atoms with van der Waals surface area (Å²) in [6, 6.07) is 10.1. The number of hydrazine groups is 1. The molecule has 0 atom stereocenters. The number of hydrogen-bond acceptors (Lipinski definition) is 4. The summed E-state index contributed by atoms with van der Waals surface area (Å²) in [5, 5.41) is 2.78. The summed E-state index contributed by atoms with van der Waals surface area (Å²) in [5.74, 6) is 3.23. The highest BCUT2D eigenvalue weighted by Crippen LogP contribution is 2.18. The molecule has 0 unspecified atom stereocenters. The van der Waals surface area contributed by atoms with Gasteiger partial charge in [-0.3, -0.25) is 0 Å². The zero-order chi connectivity index (χ0) is 13.0. The summed E-state index contributed by atoms with van der Waals surface area (Å²) in [6.07, 6.45) is 0. The lowest BCUT2D eigenvalue weighted by Crippen LogP contribution is -2.13. The standard InChI is InChI=1S/C12H12F2N4/c13-9-6-10(14)12(18-15)17-11(9)16-7-8-4-2-1-3-5-8/h1-6H,7,15H2,(H2,16,17,18). The van der Waals surface area contributed by atoms with E-state index in [1.54, 1.807) is 0 Å². The quantitative estimate of drug-likeness (QED) is 0.575. The van der Waals surface area contributed by atoms with Gasteiger partial charge in [0.1, 0.15) is 0 Å². The molecule has 0 aliphatic rings. The Bertz CT molecular complexity index is 531. The monoisotopic (exact) mass is 250 g/mol. The van der Waals surface area contributed by atoms with Crippen LogP contribution in [0.4, 0.5) is 20.4 Å². The first-order valence-electron chi connectivity index (χ1n) is 5.31. The summed E-state index contributed by atoms with van der Waals surface area (Å²) < 4.78 is 26.6. The zero-order valence-corrected chi connectivity index (χ0v) is 9.45. The van der Waals surface area contributed by atoms with E-state index in [2.05, 4.69) is 15.7 Å². The van der Waals surface area contributed by atoms with Gasteiger partial charge in [-0.05, 0) is 5.56 Å². The number of rotatable bonds is 4. The van der Waals surface area contributed by atoms with Crippen LogP contribution in [0, 0.1) is 11.6 Å². The highest BCUT2D eigenvalue weighted by molar-refractivity contribution is 5.47. The number of nitrogens with two attached hydrogens (primary N) is 1. The highest BCUT2D eigenvalue weighted by atomic mass is 19.1. The number of pyridine rings is 1. The molecule has 4 N–H and O–H groups in total. The van der Waals surface area contributed by atoms with Crippen molar-refractivity contribution in [2.24, 2.45) is 5.84 Å². The van der Waals surface area contributed by atoms with E-state index >= 15 is 0 Å². The van der Waals surface area contributed by atoms with Gasteiger partial charge in [-0.25, -0.2) is 19.6 Å². The number of benzene rings is 1. The molecule has 0 amide bonds. The Morgan fingerprint density at radius 2 is 1.72 bits per heavy atom. The highest BCUT2D eigenvalue weighted by Gasteiger charge is 2.10. The van der Waals surface area contributed by atoms with Gasteiger partial charge in [0.15, 0.2) is 23.3 Å². The lowest BCUT2D eigenvalue weighted by molar-refractivity contribution is 0.578. The van der Waals surface area contributed by atoms with Crippen molar-refractivity contribution < 1.29 is 8.78 Å². The van der Waals surface area contributed by atoms with Gasteiger partial charge in [-0.1, -0.05) is 30.3 Å². The smallest absolute Gasteiger partial charge is 0.178 e. The van der Waals surface area contributed by atoms with Crippen molar-refractivity contribution in [2.75, 3.05) is 10.7 Å². The third-order valence-electron chi connectivity index (χ3n) is 2.37. The number of hydrogen-bond donors (Lipinski definition) is 3. The Balaban J connectivity index is 2.14. The number of nitrogen functional groups attached to an aromatic ring is 1. The molecule has 0 aliphatic heterocycles. The Morgan fingerprint density at radius 1 is 1.06 bits per heavy atom. The Hall–Kier alpha value is -2.21. The van der Waals surface area contributed by atoms with Crippen LogP contribution >= 0.6 is 0 Å². The topological polar surface area (TPSA) is 63.0 Å². The molecule has 0 radical (unpaired) electrons. The molecule has 0 saturated carbocycles. The molecule has 2 aromatic rings. The van der Waals surface area contributed by atoms with E-state index in [1.807, 2.05) is 30.3 Å². The number of anilines is 2. The summed E-state index contributed by atoms with van der Waals surface area (Å²) in [6.45, 7) is 0.389. The third kappa shape index (κ3) is 2.72. The van der Waals surface area contributed by atoms with Crippen LogP contribution in [0.15, 0.2) is 36.4 Å². The minimum Gasteiger partial charge on any atom is -0.363 e. The number of halogens is 2. The van der Waals surface area contributed by atoms with Crippen LogP contribution in [0.1, 0.15) is 5.56 Å². The lowest BCUT2D eigenvalue weighted by Gasteiger charge is -2.09. The van der Waals surface area contributed by atoms with Gasteiger partial charge >= 0.3 is 0 Å². The fourth-order valence-corrected chi connectivity index (χ4v) is 1.47. The second-order valence-electron chi connectivity index (χ2n) is 3.63. The molecule has 0 aliphatic carbocycles. The minimum atomic E-state index is -0.833. The average Bonchev–Trinajstić information content (AvgIpc) is 2.39. The van der Waals surface area contributed by atoms with Gasteiger partial charge in [0, 0.05) is 12.6 Å². The normalized spacial score (nSPS) is 10.2. The molecule has 1 aromatic carbocycles. The van der Waals surface area contributed by atoms with E-state index in [4.69, 9.17) is 5.84 Å². The van der Waals surface area contributed by atoms with E-state index in [-0.39, 0.29) is 11.6 Å². The Labute approximate surface area is 103 Å². The number of nitrogens with zero attached hydrogens (tertiary/aromatic N) is 1. The van der Waals surface area contributed by atoms with Crippen LogP contribution in [-0.4, -0.2) is 4.98 Å². The first kappa shape index (κ1) is 12.3. The molecular weight excluding hydrogens is 238 g/mol. The molecule has 4 nitrogen and oxygen atoms in total. The van der Waals surface area contributed by atoms with Crippen LogP contribution in [-0.2, 0) is 6.54 Å². The van der Waals surface area contributed by atoms with E-state index in [0.29, 0.717) is 6.54 Å². The summed E-state index contributed by atoms with van der Waals surface area (Å²) >= 11 is 0. The van der Waals surface area contributed by atoms with Gasteiger partial charge in [0.2, 0.25) is 0 Å². The van der Waals surface area contributed by atoms with Gasteiger partial charge in [0.25, 0.3) is 0 Å². The van der Waals surface area contributed by atoms with Gasteiger partial charge < -0.3 is 10.7 Å². The fourth-order valence-electron chi connectivity index (χ4n) is 1.47. The molecule has 0 saturated heterocycles. The van der Waals surface area contributed by atoms with Crippen molar-refractivity contribution in [3.63, 3.8) is 0 Å². The molecule has 6 heteroatoms. The second kappa shape index (κ2) is 5.42. The summed E-state index contributed by atoms with van der Waals surface area (Å²) in [4.78, 5) is 3.71. The van der Waals surface area contributed by atoms with Gasteiger partial charge in [0.05, 0.1) is 0 Å². The van der Waals surface area contributed by atoms with E-state index in [9.17, 15) is 8.78 Å². The van der Waals surface area contributed by atoms with Crippen molar-refractivity contribution in [1.82, 2.24) is 4.98 Å². The fraction of sp³-hybridized carbons (Fsp3) is 0.0833. The van der Waals surface area contributed by atoms with Crippen molar-refractivity contribution in [3.05, 3.63) is 53.6 Å². The summed E-state index contributed by atoms with van der Waals surface area (Å²) in [5.41, 5.74) is 3.03. The number of nitrogens with one attached hydrogen (secondary N) is 2. The molecule has 0 spiro atoms. The predicted molar refractivity (Wildman–Crippen MR) is 65.7 cm³/mol. The first-order valence-corrected chi connectivity index (χ1v) is 5.31. The largest absolute Gasteiger partial charge is 0.363 e. The average molecular weight is 250 g/mol. The zero-order valence-electron chi connectivity index (χ0n) is 9.45. The van der Waals surface area contributed by atoms with Crippen LogP contribution in [0.25, 0.3) is 0 Å². The van der Waals surface area contributed by atoms with Gasteiger partial charge in [-0.15, -0.1) is 0 Å². The Morgan fingerprint density at radius 3 is 2.39 bits per heavy atom. The van der Waals surface area contributed by atoms with Crippen LogP contribution in [0.2, 0.25) is 0 Å². The van der Waals surface area contributed by atoms with Crippen molar-refractivity contribution in [2.45, 2.75) is 6.54 Å². The molecule has 1 aromatic heterocycles. The molecule has 94 valence electrons. The van der Waals surface area contributed by atoms with Crippen LogP contribution < -0.4 is 16.6 Å². The SMILES string of the molecule is NNc1nc(NCc2ccccc2)c(F)cc1F. The van der Waals surface area contributed by atoms with Crippen molar-refractivity contribution in [1.29, 1.82) is 0 Å². The van der Waals surface area contributed by atoms with E-state index < -0.39 is 11.6 Å². The van der Waals surface area contributed by atoms with Crippen LogP contribution in [0.5, 0.6) is 0 Å². The first-order chi connectivity index (χ1) is 8.70. The Kier molecular flexibility index (Phi) is 3.69. The minimum absolute atomic E-state index is 0.0480. The molecule has 1 heterocycles. The van der Waals surface area contributed by atoms with Gasteiger partial charge in [-0.2, -0.15) is 0 Å². The van der Waals surface area contributed by atoms with E-state index in [1.165, 1.54) is 0 Å². The molecule has 0 bridgehead atoms. The predicted octanol–water partition coefficient (Wildman–Crippen LogP) is 2.26. The summed E-state index contributed by atoms with van der Waals surface area (Å²) in [7, 11) is 0. The molecule has 2 rings (SSSR count). The molecular formula is C12H12F2N4. The maximum absolute atomic E-state index is 13.4. The second-order valence-corrected chi connectivity index (χ2v) is 3.63. The van der Waals surface area contributed by atoms with Crippen molar-refractivity contribution >= 4 is 11.6 Å². The number of aromatic nitrogens is 1. The van der Waals surface area contributed by atoms with Crippen molar-refractivity contribution in [3.8, 4) is 0 Å². The molecule has 18 heavy (non-hydrogen) atoms. The molecule has 0 fully saturated rings. The maximum atomic E-state index is 13.4. The van der Waals surface area contributed by atoms with Crippen LogP contribution in [0.3, 0.4) is 0 Å². The van der Waals surface area contributed by atoms with E-state index in [0.717, 1.165) is 11.6 Å². The third-order valence-corrected chi connectivity index (χ3v) is 2.37.